The molecule has 2 aliphatic rings. The summed E-state index contributed by atoms with van der Waals surface area (Å²) in [6, 6.07) is 5.46. The van der Waals surface area contributed by atoms with Gasteiger partial charge in [0.25, 0.3) is 5.91 Å². The highest BCUT2D eigenvalue weighted by Crippen LogP contribution is 2.36. The van der Waals surface area contributed by atoms with Crippen LogP contribution in [0.25, 0.3) is 10.8 Å². The molecule has 7 heteroatoms. The van der Waals surface area contributed by atoms with E-state index in [1.165, 1.54) is 7.11 Å². The number of hydrogen-bond donors (Lipinski definition) is 2. The van der Waals surface area contributed by atoms with E-state index < -0.39 is 5.91 Å². The van der Waals surface area contributed by atoms with Crippen molar-refractivity contribution in [1.29, 1.82) is 0 Å². The summed E-state index contributed by atoms with van der Waals surface area (Å²) in [5, 5.41) is 4.99. The molecule has 3 N–H and O–H groups in total. The second kappa shape index (κ2) is 6.16. The van der Waals surface area contributed by atoms with Crippen molar-refractivity contribution in [3.8, 4) is 5.75 Å². The summed E-state index contributed by atoms with van der Waals surface area (Å²) < 4.78 is 5.35. The fraction of sp³-hybridized carbons (Fsp3) is 0.421. The number of ether oxygens (including phenoxy) is 1. The average molecular weight is 354 g/mol. The number of carbonyl (C=O) groups excluding carboxylic acids is 2. The number of carbonyl (C=O) groups is 2. The van der Waals surface area contributed by atoms with Crippen LogP contribution in [0.3, 0.4) is 0 Å². The first-order valence-electron chi connectivity index (χ1n) is 8.84. The lowest BCUT2D eigenvalue weighted by molar-refractivity contribution is -0.119. The van der Waals surface area contributed by atoms with Gasteiger partial charge in [0.05, 0.1) is 12.7 Å². The van der Waals surface area contributed by atoms with E-state index in [4.69, 9.17) is 10.5 Å². The van der Waals surface area contributed by atoms with Gasteiger partial charge in [0.1, 0.15) is 11.6 Å². The second-order valence-electron chi connectivity index (χ2n) is 7.09. The zero-order valence-electron chi connectivity index (χ0n) is 14.7. The number of methoxy groups -OCH3 is 1. The van der Waals surface area contributed by atoms with E-state index >= 15 is 0 Å². The molecule has 2 saturated heterocycles. The van der Waals surface area contributed by atoms with Crippen LogP contribution in [0.1, 0.15) is 36.0 Å². The van der Waals surface area contributed by atoms with Crippen molar-refractivity contribution in [3.63, 3.8) is 0 Å². The van der Waals surface area contributed by atoms with E-state index in [2.05, 4.69) is 15.2 Å². The van der Waals surface area contributed by atoms with Crippen molar-refractivity contribution in [3.05, 3.63) is 30.0 Å². The Morgan fingerprint density at radius 1 is 1.31 bits per heavy atom. The van der Waals surface area contributed by atoms with E-state index in [1.54, 1.807) is 12.3 Å². The zero-order chi connectivity index (χ0) is 18.3. The van der Waals surface area contributed by atoms with Gasteiger partial charge in [-0.25, -0.2) is 4.98 Å². The van der Waals surface area contributed by atoms with Gasteiger partial charge in [-0.2, -0.15) is 0 Å². The number of hydrogen-bond acceptors (Lipinski definition) is 5. The number of pyridine rings is 1. The van der Waals surface area contributed by atoms with Gasteiger partial charge < -0.3 is 20.7 Å². The number of nitrogens with one attached hydrogen (secondary N) is 1. The summed E-state index contributed by atoms with van der Waals surface area (Å²) in [5.74, 6) is 0.969. The van der Waals surface area contributed by atoms with Crippen molar-refractivity contribution < 1.29 is 14.3 Å². The Morgan fingerprint density at radius 3 is 2.69 bits per heavy atom. The van der Waals surface area contributed by atoms with Crippen LogP contribution in [0.4, 0.5) is 5.82 Å². The van der Waals surface area contributed by atoms with Crippen LogP contribution < -0.4 is 20.7 Å². The van der Waals surface area contributed by atoms with E-state index in [0.717, 1.165) is 48.9 Å². The third kappa shape index (κ3) is 2.73. The Bertz CT molecular complexity index is 888. The largest absolute Gasteiger partial charge is 0.496 e. The highest BCUT2D eigenvalue weighted by atomic mass is 16.5. The van der Waals surface area contributed by atoms with Crippen molar-refractivity contribution in [2.24, 2.45) is 5.73 Å². The zero-order valence-corrected chi connectivity index (χ0v) is 14.7. The molecule has 2 fully saturated rings. The lowest BCUT2D eigenvalue weighted by atomic mass is 9.86. The highest BCUT2D eigenvalue weighted by molar-refractivity contribution is 6.03. The molecule has 0 saturated carbocycles. The number of rotatable bonds is 3. The lowest BCUT2D eigenvalue weighted by Gasteiger charge is -2.40. The highest BCUT2D eigenvalue weighted by Gasteiger charge is 2.40. The number of anilines is 1. The molecule has 0 radical (unpaired) electrons. The molecule has 0 bridgehead atoms. The number of aromatic nitrogens is 1. The van der Waals surface area contributed by atoms with Gasteiger partial charge in [0.15, 0.2) is 0 Å². The Kier molecular flexibility index (Phi) is 3.94. The maximum atomic E-state index is 11.7. The van der Waals surface area contributed by atoms with Crippen LogP contribution >= 0.6 is 0 Å². The van der Waals surface area contributed by atoms with Gasteiger partial charge in [-0.15, -0.1) is 0 Å². The Labute approximate surface area is 151 Å². The summed E-state index contributed by atoms with van der Waals surface area (Å²) in [5.41, 5.74) is 5.78. The standard InChI is InChI=1S/C19H22N4O3/c1-26-15-11-13-12(10-14(15)17(20)25)3-7-21-18(13)23-8-5-19(6-9-23)4-2-16(24)22-19/h3,7,10-11H,2,4-6,8-9H2,1H3,(H2,20,25)(H,22,24). The van der Waals surface area contributed by atoms with Crippen LogP contribution in [0.2, 0.25) is 0 Å². The molecule has 136 valence electrons. The fourth-order valence-corrected chi connectivity index (χ4v) is 4.09. The minimum Gasteiger partial charge on any atom is -0.496 e. The maximum absolute atomic E-state index is 11.7. The average Bonchev–Trinajstić information content (AvgIpc) is 3.01. The lowest BCUT2D eigenvalue weighted by Crippen LogP contribution is -2.51. The number of nitrogens with zero attached hydrogens (tertiary/aromatic N) is 2. The van der Waals surface area contributed by atoms with Crippen LogP contribution in [0, 0.1) is 0 Å². The Balaban J connectivity index is 1.67. The molecule has 0 atom stereocenters. The molecule has 1 spiro atoms. The topological polar surface area (TPSA) is 97.6 Å². The minimum absolute atomic E-state index is 0.0466. The third-order valence-corrected chi connectivity index (χ3v) is 5.58. The molecular weight excluding hydrogens is 332 g/mol. The molecule has 0 unspecified atom stereocenters. The SMILES string of the molecule is COc1cc2c(N3CCC4(CCC(=O)N4)CC3)nccc2cc1C(N)=O. The molecule has 0 aliphatic carbocycles. The summed E-state index contributed by atoms with van der Waals surface area (Å²) in [6.07, 6.45) is 5.11. The van der Waals surface area contributed by atoms with Crippen LogP contribution in [0.15, 0.2) is 24.4 Å². The van der Waals surface area contributed by atoms with Crippen molar-refractivity contribution >= 4 is 28.4 Å². The van der Waals surface area contributed by atoms with Gasteiger partial charge in [-0.05, 0) is 42.8 Å². The van der Waals surface area contributed by atoms with Gasteiger partial charge in [0.2, 0.25) is 5.91 Å². The molecule has 2 amide bonds. The van der Waals surface area contributed by atoms with Crippen molar-refractivity contribution in [1.82, 2.24) is 10.3 Å². The molecule has 2 aliphatic heterocycles. The Hall–Kier alpha value is -2.83. The van der Waals surface area contributed by atoms with Crippen LogP contribution in [0.5, 0.6) is 5.75 Å². The number of amides is 2. The number of fused-ring (bicyclic) bond motifs is 1. The van der Waals surface area contributed by atoms with Gasteiger partial charge in [-0.1, -0.05) is 0 Å². The predicted octanol–water partition coefficient (Wildman–Crippen LogP) is 1.59. The molecule has 2 aromatic rings. The van der Waals surface area contributed by atoms with E-state index in [-0.39, 0.29) is 11.4 Å². The van der Waals surface area contributed by atoms with Crippen molar-refractivity contribution in [2.45, 2.75) is 31.2 Å². The summed E-state index contributed by atoms with van der Waals surface area (Å²) >= 11 is 0. The summed E-state index contributed by atoms with van der Waals surface area (Å²) in [6.45, 7) is 1.65. The van der Waals surface area contributed by atoms with E-state index in [1.807, 2.05) is 12.1 Å². The normalized spacial score (nSPS) is 19.0. The van der Waals surface area contributed by atoms with Crippen LogP contribution in [-0.2, 0) is 4.79 Å². The molecule has 3 heterocycles. The minimum atomic E-state index is -0.515. The number of piperidine rings is 1. The quantitative estimate of drug-likeness (QED) is 0.872. The van der Waals surface area contributed by atoms with Crippen molar-refractivity contribution in [2.75, 3.05) is 25.1 Å². The Morgan fingerprint density at radius 2 is 2.08 bits per heavy atom. The first-order chi connectivity index (χ1) is 12.5. The summed E-state index contributed by atoms with van der Waals surface area (Å²) in [7, 11) is 1.52. The van der Waals surface area contributed by atoms with Gasteiger partial charge >= 0.3 is 0 Å². The van der Waals surface area contributed by atoms with E-state index in [9.17, 15) is 9.59 Å². The fourth-order valence-electron chi connectivity index (χ4n) is 4.09. The molecular formula is C19H22N4O3. The monoisotopic (exact) mass is 354 g/mol. The number of benzene rings is 1. The number of nitrogens with two attached hydrogens (primary N) is 1. The second-order valence-corrected chi connectivity index (χ2v) is 7.09. The first-order valence-corrected chi connectivity index (χ1v) is 8.84. The number of primary amides is 1. The smallest absolute Gasteiger partial charge is 0.252 e. The molecule has 1 aromatic heterocycles. The molecule has 26 heavy (non-hydrogen) atoms. The van der Waals surface area contributed by atoms with Crippen LogP contribution in [-0.4, -0.2) is 42.5 Å². The third-order valence-electron chi connectivity index (χ3n) is 5.58. The summed E-state index contributed by atoms with van der Waals surface area (Å²) in [4.78, 5) is 30.1. The van der Waals surface area contributed by atoms with Gasteiger partial charge in [0, 0.05) is 36.6 Å². The van der Waals surface area contributed by atoms with Gasteiger partial charge in [-0.3, -0.25) is 9.59 Å². The maximum Gasteiger partial charge on any atom is 0.252 e. The molecule has 1 aromatic carbocycles. The van der Waals surface area contributed by atoms with E-state index in [0.29, 0.717) is 17.7 Å². The first kappa shape index (κ1) is 16.6. The predicted molar refractivity (Wildman–Crippen MR) is 98.4 cm³/mol. The molecule has 4 rings (SSSR count). The molecule has 7 nitrogen and oxygen atoms in total.